The quantitative estimate of drug-likeness (QED) is 0.182. The average Bonchev–Trinajstić information content (AvgIpc) is 3.73. The van der Waals surface area contributed by atoms with E-state index in [-0.39, 0.29) is 18.1 Å². The van der Waals surface area contributed by atoms with Crippen molar-refractivity contribution >= 4 is 23.3 Å². The fourth-order valence-electron chi connectivity index (χ4n) is 7.89. The summed E-state index contributed by atoms with van der Waals surface area (Å²) in [6, 6.07) is 49.7. The summed E-state index contributed by atoms with van der Waals surface area (Å²) >= 11 is 0. The zero-order valence-corrected chi connectivity index (χ0v) is 27.0. The highest BCUT2D eigenvalue weighted by Gasteiger charge is 2.61. The van der Waals surface area contributed by atoms with Crippen LogP contribution in [0.1, 0.15) is 34.8 Å². The Balaban J connectivity index is 1.54. The molecule has 2 aliphatic heterocycles. The summed E-state index contributed by atoms with van der Waals surface area (Å²) in [6.45, 7) is 0. The molecule has 2 aliphatic rings. The number of hydrogen-bond donors (Lipinski definition) is 1. The molecule has 242 valence electrons. The van der Waals surface area contributed by atoms with E-state index in [2.05, 4.69) is 87.9 Å². The van der Waals surface area contributed by atoms with Gasteiger partial charge >= 0.3 is 11.9 Å². The van der Waals surface area contributed by atoms with E-state index < -0.39 is 36.1 Å². The highest BCUT2D eigenvalue weighted by molar-refractivity contribution is 5.83. The van der Waals surface area contributed by atoms with Crippen molar-refractivity contribution in [3.8, 4) is 0 Å². The molecule has 7 rings (SSSR count). The van der Waals surface area contributed by atoms with E-state index in [9.17, 15) is 9.59 Å². The Bertz CT molecular complexity index is 1720. The summed E-state index contributed by atoms with van der Waals surface area (Å²) in [5, 5.41) is 3.57. The van der Waals surface area contributed by atoms with Crippen LogP contribution in [-0.2, 0) is 19.1 Å². The number of carbonyl (C=O) groups is 2. The fraction of sp³-hybridized carbons (Fsp3) is 0.220. The number of carbonyl (C=O) groups excluding carboxylic acids is 2. The van der Waals surface area contributed by atoms with Crippen LogP contribution in [0.5, 0.6) is 0 Å². The summed E-state index contributed by atoms with van der Waals surface area (Å²) in [4.78, 5) is 32.9. The monoisotopic (exact) mass is 637 g/mol. The van der Waals surface area contributed by atoms with Gasteiger partial charge in [-0.25, -0.2) is 0 Å². The van der Waals surface area contributed by atoms with Crippen LogP contribution in [0.4, 0.5) is 11.4 Å². The first-order valence-electron chi connectivity index (χ1n) is 16.4. The number of benzene rings is 5. The smallest absolute Gasteiger partial charge is 0.323 e. The first kappa shape index (κ1) is 31.2. The van der Waals surface area contributed by atoms with E-state index in [1.807, 2.05) is 78.9 Å². The van der Waals surface area contributed by atoms with Crippen molar-refractivity contribution in [1.82, 2.24) is 5.32 Å². The van der Waals surface area contributed by atoms with Crippen LogP contribution in [0, 0.1) is 11.8 Å². The second-order valence-electron chi connectivity index (χ2n) is 12.3. The third-order valence-corrected chi connectivity index (χ3v) is 9.81. The molecular weight excluding hydrogens is 598 g/mol. The molecule has 0 bridgehead atoms. The molecular formula is C41H39N3O4. The van der Waals surface area contributed by atoms with Gasteiger partial charge in [0.05, 0.1) is 32.2 Å². The second kappa shape index (κ2) is 13.8. The van der Waals surface area contributed by atoms with Crippen LogP contribution in [0.15, 0.2) is 152 Å². The number of esters is 2. The topological polar surface area (TPSA) is 71.1 Å². The number of nitrogens with one attached hydrogen (secondary N) is 1. The minimum atomic E-state index is -0.822. The largest absolute Gasteiger partial charge is 0.469 e. The molecule has 2 heterocycles. The van der Waals surface area contributed by atoms with Gasteiger partial charge in [0.1, 0.15) is 12.2 Å². The molecule has 5 aromatic carbocycles. The molecule has 7 nitrogen and oxygen atoms in total. The molecule has 48 heavy (non-hydrogen) atoms. The Labute approximate surface area is 281 Å². The van der Waals surface area contributed by atoms with E-state index in [4.69, 9.17) is 9.47 Å². The lowest BCUT2D eigenvalue weighted by atomic mass is 9.81. The normalized spacial score (nSPS) is 24.0. The molecule has 0 spiro atoms. The molecule has 1 N–H and O–H groups in total. The summed E-state index contributed by atoms with van der Waals surface area (Å²) < 4.78 is 11.1. The number of hydrogen-bond acceptors (Lipinski definition) is 7. The third kappa shape index (κ3) is 5.60. The Kier molecular flexibility index (Phi) is 8.95. The van der Waals surface area contributed by atoms with Gasteiger partial charge in [-0.15, -0.1) is 0 Å². The van der Waals surface area contributed by atoms with E-state index in [0.717, 1.165) is 28.1 Å². The third-order valence-electron chi connectivity index (χ3n) is 9.81. The number of nitrogens with zero attached hydrogens (tertiary/aromatic N) is 2. The zero-order chi connectivity index (χ0) is 33.0. The Morgan fingerprint density at radius 3 is 1.29 bits per heavy atom. The average molecular weight is 638 g/mol. The van der Waals surface area contributed by atoms with E-state index >= 15 is 0 Å². The molecule has 0 unspecified atom stereocenters. The highest BCUT2D eigenvalue weighted by Crippen LogP contribution is 2.56. The van der Waals surface area contributed by atoms with Gasteiger partial charge in [-0.05, 0) is 41.0 Å². The second-order valence-corrected chi connectivity index (χ2v) is 12.3. The summed E-state index contributed by atoms with van der Waals surface area (Å²) in [7, 11) is 2.83. The molecule has 5 aromatic rings. The minimum Gasteiger partial charge on any atom is -0.469 e. The summed E-state index contributed by atoms with van der Waals surface area (Å²) in [5.41, 5.74) is 5.10. The first-order valence-corrected chi connectivity index (χ1v) is 16.4. The van der Waals surface area contributed by atoms with Gasteiger partial charge < -0.3 is 19.3 Å². The number of rotatable bonds is 8. The van der Waals surface area contributed by atoms with Crippen molar-refractivity contribution < 1.29 is 19.1 Å². The van der Waals surface area contributed by atoms with Gasteiger partial charge in [0.25, 0.3) is 0 Å². The molecule has 7 heteroatoms. The lowest BCUT2D eigenvalue weighted by Gasteiger charge is -2.41. The standard InChI is InChI=1S/C41H39N3O4/c1-47-40(45)34-33(36(41(46)48-2)42-35(34)28-18-8-3-9-19-28)39-43(31-24-14-6-15-25-31)37(29-20-10-4-11-21-29)38(30-22-12-5-13-23-30)44(39)32-26-16-7-17-27-32/h3-27,33-39,42H,1-2H3/t33-,34-,35-,36-,37+,38+/m0/s1. The molecule has 0 saturated carbocycles. The number of anilines is 2. The first-order chi connectivity index (χ1) is 23.6. The Morgan fingerprint density at radius 2 is 0.896 bits per heavy atom. The maximum atomic E-state index is 14.2. The molecule has 0 amide bonds. The Hall–Kier alpha value is -5.40. The van der Waals surface area contributed by atoms with E-state index in [1.165, 1.54) is 14.2 Å². The van der Waals surface area contributed by atoms with Gasteiger partial charge in [-0.1, -0.05) is 127 Å². The molecule has 0 aromatic heterocycles. The Morgan fingerprint density at radius 1 is 0.521 bits per heavy atom. The fourth-order valence-corrected chi connectivity index (χ4v) is 7.89. The number of methoxy groups -OCH3 is 2. The van der Waals surface area contributed by atoms with Gasteiger partial charge in [0, 0.05) is 23.3 Å². The van der Waals surface area contributed by atoms with Crippen molar-refractivity contribution in [2.45, 2.75) is 30.3 Å². The molecule has 2 saturated heterocycles. The maximum Gasteiger partial charge on any atom is 0.323 e. The molecule has 6 atom stereocenters. The van der Waals surface area contributed by atoms with Crippen molar-refractivity contribution in [3.05, 3.63) is 168 Å². The predicted molar refractivity (Wildman–Crippen MR) is 187 cm³/mol. The van der Waals surface area contributed by atoms with E-state index in [1.54, 1.807) is 0 Å². The van der Waals surface area contributed by atoms with Crippen LogP contribution in [0.2, 0.25) is 0 Å². The molecule has 2 fully saturated rings. The molecule has 0 radical (unpaired) electrons. The number of para-hydroxylation sites is 2. The summed E-state index contributed by atoms with van der Waals surface area (Å²) in [5.74, 6) is -2.13. The van der Waals surface area contributed by atoms with Gasteiger partial charge in [0.2, 0.25) is 0 Å². The lowest BCUT2D eigenvalue weighted by molar-refractivity contribution is -0.148. The maximum absolute atomic E-state index is 14.2. The predicted octanol–water partition coefficient (Wildman–Crippen LogP) is 7.11. The summed E-state index contributed by atoms with van der Waals surface area (Å²) in [6.07, 6.45) is -0.500. The highest BCUT2D eigenvalue weighted by atomic mass is 16.5. The lowest BCUT2D eigenvalue weighted by Crippen LogP contribution is -2.54. The van der Waals surface area contributed by atoms with Crippen molar-refractivity contribution in [2.75, 3.05) is 24.0 Å². The van der Waals surface area contributed by atoms with Crippen molar-refractivity contribution in [2.24, 2.45) is 11.8 Å². The van der Waals surface area contributed by atoms with Crippen LogP contribution < -0.4 is 15.1 Å². The SMILES string of the molecule is COC(=O)[C@H]1[C@H](C2N(c3ccccc3)[C@H](c3ccccc3)[C@@H](c3ccccc3)N2c2ccccc2)[C@@H](C(=O)OC)N[C@H]1c1ccccc1. The van der Waals surface area contributed by atoms with Gasteiger partial charge in [0.15, 0.2) is 0 Å². The minimum absolute atomic E-state index is 0.200. The number of ether oxygens (including phenoxy) is 2. The van der Waals surface area contributed by atoms with Crippen LogP contribution in [0.25, 0.3) is 0 Å². The van der Waals surface area contributed by atoms with Crippen molar-refractivity contribution in [1.29, 1.82) is 0 Å². The zero-order valence-electron chi connectivity index (χ0n) is 27.0. The van der Waals surface area contributed by atoms with Crippen LogP contribution in [0.3, 0.4) is 0 Å². The van der Waals surface area contributed by atoms with E-state index in [0.29, 0.717) is 0 Å². The van der Waals surface area contributed by atoms with Crippen molar-refractivity contribution in [3.63, 3.8) is 0 Å². The van der Waals surface area contributed by atoms with Gasteiger partial charge in [-0.2, -0.15) is 0 Å². The van der Waals surface area contributed by atoms with Gasteiger partial charge in [-0.3, -0.25) is 14.9 Å². The van der Waals surface area contributed by atoms with Crippen LogP contribution >= 0.6 is 0 Å². The molecule has 0 aliphatic carbocycles. The van der Waals surface area contributed by atoms with Crippen LogP contribution in [-0.4, -0.2) is 38.4 Å².